The number of hydrogen-bond donors (Lipinski definition) is 0. The first-order valence-electron chi connectivity index (χ1n) is 5.34. The number of allylic oxidation sites excluding steroid dienone is 1. The molecule has 88 valence electrons. The summed E-state index contributed by atoms with van der Waals surface area (Å²) < 4.78 is 2.09. The molecule has 1 atom stereocenters. The van der Waals surface area contributed by atoms with Crippen LogP contribution in [0.25, 0.3) is 0 Å². The van der Waals surface area contributed by atoms with Crippen LogP contribution in [0.5, 0.6) is 0 Å². The van der Waals surface area contributed by atoms with Crippen molar-refractivity contribution in [2.45, 2.75) is 39.6 Å². The average Bonchev–Trinajstić information content (AvgIpc) is 2.44. The van der Waals surface area contributed by atoms with Crippen molar-refractivity contribution in [1.82, 2.24) is 4.57 Å². The van der Waals surface area contributed by atoms with Crippen LogP contribution in [0.15, 0.2) is 18.2 Å². The Morgan fingerprint density at radius 1 is 1.56 bits per heavy atom. The highest BCUT2D eigenvalue weighted by Crippen LogP contribution is 2.19. The van der Waals surface area contributed by atoms with Crippen molar-refractivity contribution in [2.24, 2.45) is 0 Å². The van der Waals surface area contributed by atoms with E-state index in [-0.39, 0.29) is 5.78 Å². The maximum Gasteiger partial charge on any atom is 0.182 e. The van der Waals surface area contributed by atoms with Crippen LogP contribution >= 0.6 is 11.6 Å². The van der Waals surface area contributed by atoms with Crippen molar-refractivity contribution in [3.8, 4) is 0 Å². The van der Waals surface area contributed by atoms with Gasteiger partial charge in [-0.3, -0.25) is 4.79 Å². The number of ketones is 1. The summed E-state index contributed by atoms with van der Waals surface area (Å²) in [5.41, 5.74) is 3.83. The number of halogens is 1. The Labute approximate surface area is 102 Å². The van der Waals surface area contributed by atoms with Crippen LogP contribution in [0.2, 0.25) is 0 Å². The molecular formula is C13H18ClNO. The minimum atomic E-state index is -0.473. The number of alkyl halides is 1. The number of aromatic nitrogens is 1. The zero-order valence-electron chi connectivity index (χ0n) is 10.3. The molecule has 0 aliphatic rings. The van der Waals surface area contributed by atoms with Gasteiger partial charge in [0.2, 0.25) is 0 Å². The lowest BCUT2D eigenvalue weighted by Gasteiger charge is -2.09. The second kappa shape index (κ2) is 4.88. The third kappa shape index (κ3) is 2.56. The molecule has 1 heterocycles. The Morgan fingerprint density at radius 2 is 2.12 bits per heavy atom. The van der Waals surface area contributed by atoms with Gasteiger partial charge in [0.25, 0.3) is 0 Å². The summed E-state index contributed by atoms with van der Waals surface area (Å²) in [5.74, 6) is -0.0114. The minimum Gasteiger partial charge on any atom is -0.344 e. The van der Waals surface area contributed by atoms with E-state index in [0.29, 0.717) is 0 Å². The molecule has 1 aromatic rings. The van der Waals surface area contributed by atoms with Gasteiger partial charge in [0.05, 0.1) is 5.38 Å². The van der Waals surface area contributed by atoms with E-state index in [4.69, 9.17) is 11.6 Å². The summed E-state index contributed by atoms with van der Waals surface area (Å²) in [4.78, 5) is 11.8. The molecule has 0 aromatic carbocycles. The standard InChI is InChI=1S/C13H18ClNO/c1-8(2)7-15-9(3)6-12(11(15)5)13(16)10(4)14/h6,10H,1,7H2,2-5H3. The van der Waals surface area contributed by atoms with Gasteiger partial charge < -0.3 is 4.57 Å². The van der Waals surface area contributed by atoms with E-state index in [1.165, 1.54) is 0 Å². The van der Waals surface area contributed by atoms with Crippen LogP contribution in [0, 0.1) is 13.8 Å². The van der Waals surface area contributed by atoms with Gasteiger partial charge in [0.15, 0.2) is 5.78 Å². The molecule has 0 spiro atoms. The SMILES string of the molecule is C=C(C)Cn1c(C)cc(C(=O)C(C)Cl)c1C. The van der Waals surface area contributed by atoms with Crippen LogP contribution in [-0.4, -0.2) is 15.7 Å². The van der Waals surface area contributed by atoms with Gasteiger partial charge in [-0.2, -0.15) is 0 Å². The monoisotopic (exact) mass is 239 g/mol. The van der Waals surface area contributed by atoms with Crippen LogP contribution < -0.4 is 0 Å². The van der Waals surface area contributed by atoms with E-state index < -0.39 is 5.38 Å². The van der Waals surface area contributed by atoms with Gasteiger partial charge in [0.1, 0.15) is 0 Å². The van der Waals surface area contributed by atoms with Gasteiger partial charge in [-0.1, -0.05) is 12.2 Å². The molecule has 2 nitrogen and oxygen atoms in total. The number of Topliss-reactive ketones (excluding diaryl/α,β-unsaturated/α-hetero) is 1. The second-order valence-electron chi connectivity index (χ2n) is 4.31. The highest BCUT2D eigenvalue weighted by atomic mass is 35.5. The fourth-order valence-corrected chi connectivity index (χ4v) is 1.90. The Morgan fingerprint density at radius 3 is 2.56 bits per heavy atom. The lowest BCUT2D eigenvalue weighted by molar-refractivity contribution is 0.0991. The van der Waals surface area contributed by atoms with Crippen molar-refractivity contribution >= 4 is 17.4 Å². The van der Waals surface area contributed by atoms with E-state index in [0.717, 1.165) is 29.1 Å². The van der Waals surface area contributed by atoms with E-state index >= 15 is 0 Å². The Kier molecular flexibility index (Phi) is 3.98. The van der Waals surface area contributed by atoms with E-state index in [2.05, 4.69) is 11.1 Å². The quantitative estimate of drug-likeness (QED) is 0.448. The Bertz CT molecular complexity index is 429. The molecule has 1 rings (SSSR count). The molecule has 0 amide bonds. The van der Waals surface area contributed by atoms with E-state index in [9.17, 15) is 4.79 Å². The first-order valence-corrected chi connectivity index (χ1v) is 5.77. The van der Waals surface area contributed by atoms with Crippen LogP contribution in [0.1, 0.15) is 35.6 Å². The number of carbonyl (C=O) groups is 1. The first kappa shape index (κ1) is 13.0. The summed E-state index contributed by atoms with van der Waals surface area (Å²) in [7, 11) is 0. The van der Waals surface area contributed by atoms with Gasteiger partial charge >= 0.3 is 0 Å². The molecule has 1 unspecified atom stereocenters. The number of rotatable bonds is 4. The zero-order valence-corrected chi connectivity index (χ0v) is 11.1. The fourth-order valence-electron chi connectivity index (χ4n) is 1.78. The Balaban J connectivity index is 3.16. The van der Waals surface area contributed by atoms with E-state index in [1.807, 2.05) is 26.8 Å². The summed E-state index contributed by atoms with van der Waals surface area (Å²) in [6.07, 6.45) is 0. The minimum absolute atomic E-state index is 0.0114. The van der Waals surface area contributed by atoms with Crippen LogP contribution in [0.3, 0.4) is 0 Å². The molecule has 0 bridgehead atoms. The Hall–Kier alpha value is -1.02. The summed E-state index contributed by atoms with van der Waals surface area (Å²) in [6, 6.07) is 1.90. The third-order valence-corrected chi connectivity index (χ3v) is 2.83. The summed E-state index contributed by atoms with van der Waals surface area (Å²) in [5, 5.41) is -0.473. The highest BCUT2D eigenvalue weighted by Gasteiger charge is 2.18. The molecule has 0 aliphatic heterocycles. The molecular weight excluding hydrogens is 222 g/mol. The third-order valence-electron chi connectivity index (χ3n) is 2.63. The number of carbonyl (C=O) groups excluding carboxylic acids is 1. The lowest BCUT2D eigenvalue weighted by Crippen LogP contribution is -2.12. The largest absolute Gasteiger partial charge is 0.344 e. The molecule has 0 aliphatic carbocycles. The topological polar surface area (TPSA) is 22.0 Å². The maximum absolute atomic E-state index is 11.8. The van der Waals surface area contributed by atoms with Crippen molar-refractivity contribution in [3.63, 3.8) is 0 Å². The van der Waals surface area contributed by atoms with E-state index in [1.54, 1.807) is 6.92 Å². The molecule has 16 heavy (non-hydrogen) atoms. The van der Waals surface area contributed by atoms with Crippen molar-refractivity contribution in [2.75, 3.05) is 0 Å². The van der Waals surface area contributed by atoms with Gasteiger partial charge in [-0.15, -0.1) is 11.6 Å². The van der Waals surface area contributed by atoms with Gasteiger partial charge in [-0.25, -0.2) is 0 Å². The maximum atomic E-state index is 11.8. The van der Waals surface area contributed by atoms with Crippen molar-refractivity contribution in [3.05, 3.63) is 35.2 Å². The first-order chi connectivity index (χ1) is 7.34. The molecule has 0 N–H and O–H groups in total. The van der Waals surface area contributed by atoms with Gasteiger partial charge in [0, 0.05) is 23.5 Å². The lowest BCUT2D eigenvalue weighted by atomic mass is 10.1. The normalized spacial score (nSPS) is 12.6. The molecule has 1 aromatic heterocycles. The number of aryl methyl sites for hydroxylation is 1. The fraction of sp³-hybridized carbons (Fsp3) is 0.462. The highest BCUT2D eigenvalue weighted by molar-refractivity contribution is 6.33. The van der Waals surface area contributed by atoms with Crippen LogP contribution in [-0.2, 0) is 6.54 Å². The summed E-state index contributed by atoms with van der Waals surface area (Å²) in [6.45, 7) is 12.3. The predicted octanol–water partition coefficient (Wildman–Crippen LogP) is 3.49. The number of nitrogens with zero attached hydrogens (tertiary/aromatic N) is 1. The van der Waals surface area contributed by atoms with Gasteiger partial charge in [-0.05, 0) is 33.8 Å². The zero-order chi connectivity index (χ0) is 12.5. The second-order valence-corrected chi connectivity index (χ2v) is 4.96. The smallest absolute Gasteiger partial charge is 0.182 e. The molecule has 0 radical (unpaired) electrons. The predicted molar refractivity (Wildman–Crippen MR) is 68.4 cm³/mol. The molecule has 0 saturated heterocycles. The molecule has 3 heteroatoms. The molecule has 0 saturated carbocycles. The average molecular weight is 240 g/mol. The van der Waals surface area contributed by atoms with Crippen LogP contribution in [0.4, 0.5) is 0 Å². The summed E-state index contributed by atoms with van der Waals surface area (Å²) >= 11 is 5.83. The molecule has 0 fully saturated rings. The van der Waals surface area contributed by atoms with Crippen molar-refractivity contribution < 1.29 is 4.79 Å². The number of hydrogen-bond acceptors (Lipinski definition) is 1. The van der Waals surface area contributed by atoms with Crippen molar-refractivity contribution in [1.29, 1.82) is 0 Å².